The van der Waals surface area contributed by atoms with Gasteiger partial charge >= 0.3 is 0 Å². The van der Waals surface area contributed by atoms with Crippen molar-refractivity contribution in [3.8, 4) is 11.5 Å². The molecule has 7 heteroatoms. The molecule has 0 spiro atoms. The Hall–Kier alpha value is -2.15. The third-order valence-corrected chi connectivity index (χ3v) is 4.18. The fraction of sp³-hybridized carbons (Fsp3) is 0.438. The molecule has 0 aliphatic carbocycles. The molecular weight excluding hydrogens is 314 g/mol. The van der Waals surface area contributed by atoms with Crippen LogP contribution in [-0.4, -0.2) is 30.3 Å². The van der Waals surface area contributed by atoms with Crippen LogP contribution in [0.3, 0.4) is 0 Å². The summed E-state index contributed by atoms with van der Waals surface area (Å²) < 4.78 is 10.5. The topological polar surface area (TPSA) is 73.3 Å². The molecule has 0 saturated carbocycles. The van der Waals surface area contributed by atoms with Crippen molar-refractivity contribution in [3.63, 3.8) is 0 Å². The minimum absolute atomic E-state index is 0.0888. The number of rotatable bonds is 8. The predicted molar refractivity (Wildman–Crippen MR) is 90.4 cm³/mol. The highest BCUT2D eigenvalue weighted by atomic mass is 32.1. The largest absolute Gasteiger partial charge is 0.497 e. The van der Waals surface area contributed by atoms with E-state index in [9.17, 15) is 4.79 Å². The molecule has 0 aliphatic rings. The van der Waals surface area contributed by atoms with Crippen LogP contribution in [0, 0.1) is 0 Å². The van der Waals surface area contributed by atoms with Gasteiger partial charge in [-0.15, -0.1) is 10.2 Å². The Kier molecular flexibility index (Phi) is 6.34. The van der Waals surface area contributed by atoms with Gasteiger partial charge in [0.1, 0.15) is 16.5 Å². The molecule has 0 radical (unpaired) electrons. The molecule has 1 N–H and O–H groups in total. The second-order valence-electron chi connectivity index (χ2n) is 4.98. The lowest BCUT2D eigenvalue weighted by atomic mass is 10.1. The number of benzene rings is 1. The Bertz CT molecular complexity index is 658. The van der Waals surface area contributed by atoms with Gasteiger partial charge in [-0.05, 0) is 36.6 Å². The van der Waals surface area contributed by atoms with Gasteiger partial charge in [0.05, 0.1) is 14.2 Å². The molecule has 6 nitrogen and oxygen atoms in total. The van der Waals surface area contributed by atoms with Gasteiger partial charge in [-0.3, -0.25) is 4.79 Å². The highest BCUT2D eigenvalue weighted by molar-refractivity contribution is 7.15. The zero-order chi connectivity index (χ0) is 16.7. The number of hydrogen-bond donors (Lipinski definition) is 1. The van der Waals surface area contributed by atoms with Crippen LogP contribution in [-0.2, 0) is 17.6 Å². The number of carbonyl (C=O) groups excluding carboxylic acids is 1. The van der Waals surface area contributed by atoms with Crippen molar-refractivity contribution >= 4 is 22.4 Å². The number of aromatic nitrogens is 2. The molecule has 2 aromatic rings. The Morgan fingerprint density at radius 1 is 1.22 bits per heavy atom. The fourth-order valence-electron chi connectivity index (χ4n) is 2.13. The van der Waals surface area contributed by atoms with Crippen LogP contribution < -0.4 is 14.8 Å². The second-order valence-corrected chi connectivity index (χ2v) is 6.04. The predicted octanol–water partition coefficient (Wildman–Crippen LogP) is 3.08. The van der Waals surface area contributed by atoms with Crippen molar-refractivity contribution in [1.82, 2.24) is 10.2 Å². The quantitative estimate of drug-likeness (QED) is 0.802. The van der Waals surface area contributed by atoms with E-state index < -0.39 is 0 Å². The number of nitrogens with one attached hydrogen (secondary N) is 1. The molecule has 124 valence electrons. The maximum atomic E-state index is 12.1. The zero-order valence-electron chi connectivity index (χ0n) is 13.6. The Balaban J connectivity index is 1.93. The van der Waals surface area contributed by atoms with E-state index in [1.54, 1.807) is 14.2 Å². The molecule has 0 bridgehead atoms. The van der Waals surface area contributed by atoms with Crippen molar-refractivity contribution < 1.29 is 14.3 Å². The van der Waals surface area contributed by atoms with Crippen LogP contribution in [0.1, 0.15) is 30.3 Å². The van der Waals surface area contributed by atoms with Gasteiger partial charge in [-0.25, -0.2) is 0 Å². The first-order chi connectivity index (χ1) is 11.2. The summed E-state index contributed by atoms with van der Waals surface area (Å²) in [4.78, 5) is 12.1. The number of carbonyl (C=O) groups is 1. The highest BCUT2D eigenvalue weighted by Gasteiger charge is 2.11. The van der Waals surface area contributed by atoms with Crippen molar-refractivity contribution in [1.29, 1.82) is 0 Å². The third kappa shape index (κ3) is 4.92. The standard InChI is InChI=1S/C16H21N3O3S/c1-4-5-15-18-19-16(23-15)17-14(20)9-6-11-10-12(21-2)7-8-13(11)22-3/h7-8,10H,4-6,9H2,1-3H3,(H,17,19,20). The molecule has 1 aromatic heterocycles. The van der Waals surface area contributed by atoms with Crippen molar-refractivity contribution in [3.05, 3.63) is 28.8 Å². The summed E-state index contributed by atoms with van der Waals surface area (Å²) in [6.07, 6.45) is 2.80. The van der Waals surface area contributed by atoms with Crippen LogP contribution in [0.4, 0.5) is 5.13 Å². The van der Waals surface area contributed by atoms with Crippen LogP contribution >= 0.6 is 11.3 Å². The smallest absolute Gasteiger partial charge is 0.226 e. The number of methoxy groups -OCH3 is 2. The second kappa shape index (κ2) is 8.47. The lowest BCUT2D eigenvalue weighted by Gasteiger charge is -2.10. The van der Waals surface area contributed by atoms with E-state index in [4.69, 9.17) is 9.47 Å². The first kappa shape index (κ1) is 17.2. The van der Waals surface area contributed by atoms with E-state index in [0.717, 1.165) is 34.9 Å². The van der Waals surface area contributed by atoms with Crippen molar-refractivity contribution in [2.24, 2.45) is 0 Å². The van der Waals surface area contributed by atoms with E-state index in [1.165, 1.54) is 11.3 Å². The van der Waals surface area contributed by atoms with E-state index in [1.807, 2.05) is 18.2 Å². The molecule has 1 heterocycles. The van der Waals surface area contributed by atoms with E-state index >= 15 is 0 Å². The average Bonchev–Trinajstić information content (AvgIpc) is 3.00. The van der Waals surface area contributed by atoms with Gasteiger partial charge in [-0.2, -0.15) is 0 Å². The summed E-state index contributed by atoms with van der Waals surface area (Å²) in [6, 6.07) is 5.56. The maximum Gasteiger partial charge on any atom is 0.226 e. The monoisotopic (exact) mass is 335 g/mol. The number of aryl methyl sites for hydroxylation is 2. The first-order valence-corrected chi connectivity index (χ1v) is 8.31. The molecule has 2 rings (SSSR count). The molecule has 0 aliphatic heterocycles. The number of ether oxygens (including phenoxy) is 2. The summed E-state index contributed by atoms with van der Waals surface area (Å²) >= 11 is 1.42. The Morgan fingerprint density at radius 2 is 2.04 bits per heavy atom. The zero-order valence-corrected chi connectivity index (χ0v) is 14.4. The Labute approximate surface area is 139 Å². The molecule has 0 atom stereocenters. The number of nitrogens with zero attached hydrogens (tertiary/aromatic N) is 2. The third-order valence-electron chi connectivity index (χ3n) is 3.29. The van der Waals surface area contributed by atoms with Gasteiger partial charge in [0.2, 0.25) is 11.0 Å². The summed E-state index contributed by atoms with van der Waals surface area (Å²) in [7, 11) is 3.23. The fourth-order valence-corrected chi connectivity index (χ4v) is 2.98. The summed E-state index contributed by atoms with van der Waals surface area (Å²) in [5.74, 6) is 1.41. The summed E-state index contributed by atoms with van der Waals surface area (Å²) in [5.41, 5.74) is 0.936. The molecule has 0 saturated heterocycles. The maximum absolute atomic E-state index is 12.1. The van der Waals surface area contributed by atoms with Crippen molar-refractivity contribution in [2.75, 3.05) is 19.5 Å². The molecule has 1 aromatic carbocycles. The SMILES string of the molecule is CCCc1nnc(NC(=O)CCc2cc(OC)ccc2OC)s1. The molecule has 0 unspecified atom stereocenters. The van der Waals surface area contributed by atoms with Gasteiger partial charge in [0.25, 0.3) is 0 Å². The Morgan fingerprint density at radius 3 is 2.74 bits per heavy atom. The highest BCUT2D eigenvalue weighted by Crippen LogP contribution is 2.25. The normalized spacial score (nSPS) is 10.4. The minimum Gasteiger partial charge on any atom is -0.497 e. The average molecular weight is 335 g/mol. The van der Waals surface area contributed by atoms with Crippen LogP contribution in [0.2, 0.25) is 0 Å². The summed E-state index contributed by atoms with van der Waals surface area (Å²) in [5, 5.41) is 12.3. The van der Waals surface area contributed by atoms with Gasteiger partial charge in [0.15, 0.2) is 0 Å². The summed E-state index contributed by atoms with van der Waals surface area (Å²) in [6.45, 7) is 2.08. The van der Waals surface area contributed by atoms with Crippen LogP contribution in [0.5, 0.6) is 11.5 Å². The van der Waals surface area contributed by atoms with E-state index in [-0.39, 0.29) is 5.91 Å². The number of anilines is 1. The molecular formula is C16H21N3O3S. The first-order valence-electron chi connectivity index (χ1n) is 7.49. The van der Waals surface area contributed by atoms with Crippen molar-refractivity contribution in [2.45, 2.75) is 32.6 Å². The van der Waals surface area contributed by atoms with Crippen LogP contribution in [0.25, 0.3) is 0 Å². The van der Waals surface area contributed by atoms with Gasteiger partial charge in [-0.1, -0.05) is 18.3 Å². The molecule has 1 amide bonds. The van der Waals surface area contributed by atoms with E-state index in [2.05, 4.69) is 22.4 Å². The van der Waals surface area contributed by atoms with E-state index in [0.29, 0.717) is 18.0 Å². The lowest BCUT2D eigenvalue weighted by molar-refractivity contribution is -0.116. The molecule has 23 heavy (non-hydrogen) atoms. The van der Waals surface area contributed by atoms with Gasteiger partial charge in [0, 0.05) is 12.8 Å². The van der Waals surface area contributed by atoms with Crippen LogP contribution in [0.15, 0.2) is 18.2 Å². The minimum atomic E-state index is -0.0888. The lowest BCUT2D eigenvalue weighted by Crippen LogP contribution is -2.12. The number of amides is 1. The molecule has 0 fully saturated rings. The number of hydrogen-bond acceptors (Lipinski definition) is 6. The van der Waals surface area contributed by atoms with Gasteiger partial charge < -0.3 is 14.8 Å².